The zero-order valence-electron chi connectivity index (χ0n) is 14.1. The number of hydrogen-bond donors (Lipinski definition) is 0. The van der Waals surface area contributed by atoms with Gasteiger partial charge in [-0.1, -0.05) is 23.8 Å². The van der Waals surface area contributed by atoms with Crippen LogP contribution in [0.5, 0.6) is 0 Å². The summed E-state index contributed by atoms with van der Waals surface area (Å²) in [6, 6.07) is 0.0835. The largest absolute Gasteiger partial charge is 0.469 e. The smallest absolute Gasteiger partial charge is 0.309 e. The Balaban J connectivity index is 1.75. The number of hydrogen-bond acceptors (Lipinski definition) is 5. The van der Waals surface area contributed by atoms with Crippen molar-refractivity contribution >= 4 is 5.97 Å². The maximum atomic E-state index is 12.0. The van der Waals surface area contributed by atoms with Crippen molar-refractivity contribution in [3.05, 3.63) is 48.3 Å². The molecule has 0 N–H and O–H groups in total. The molecule has 0 aromatic rings. The van der Waals surface area contributed by atoms with Crippen molar-refractivity contribution in [2.75, 3.05) is 20.2 Å². The normalized spacial score (nSPS) is 25.1. The molecule has 2 aliphatic heterocycles. The number of methoxy groups -OCH3 is 1. The number of allylic oxidation sites excluding steroid dienone is 3. The maximum Gasteiger partial charge on any atom is 0.309 e. The second-order valence-electron chi connectivity index (χ2n) is 6.42. The van der Waals surface area contributed by atoms with Gasteiger partial charge in [0.15, 0.2) is 5.76 Å². The molecule has 0 aromatic carbocycles. The highest BCUT2D eigenvalue weighted by Gasteiger charge is 2.33. The molecule has 1 saturated heterocycles. The Morgan fingerprint density at radius 2 is 2.38 bits per heavy atom. The predicted octanol–water partition coefficient (Wildman–Crippen LogP) is 3.27. The summed E-state index contributed by atoms with van der Waals surface area (Å²) >= 11 is 0. The van der Waals surface area contributed by atoms with Crippen molar-refractivity contribution < 1.29 is 19.0 Å². The molecular weight excluding hydrogens is 306 g/mol. The molecule has 5 nitrogen and oxygen atoms in total. The molecule has 3 rings (SSSR count). The van der Waals surface area contributed by atoms with E-state index in [-0.39, 0.29) is 17.9 Å². The average molecular weight is 331 g/mol. The van der Waals surface area contributed by atoms with Gasteiger partial charge in [0.1, 0.15) is 18.8 Å². The zero-order valence-corrected chi connectivity index (χ0v) is 14.1. The van der Waals surface area contributed by atoms with Crippen molar-refractivity contribution in [1.82, 2.24) is 4.90 Å². The number of ether oxygens (including phenoxy) is 3. The second kappa shape index (κ2) is 8.20. The lowest BCUT2D eigenvalue weighted by Gasteiger charge is -2.38. The molecule has 0 spiro atoms. The van der Waals surface area contributed by atoms with Crippen LogP contribution in [-0.4, -0.2) is 37.1 Å². The minimum atomic E-state index is -0.118. The van der Waals surface area contributed by atoms with Crippen molar-refractivity contribution in [2.24, 2.45) is 5.92 Å². The van der Waals surface area contributed by atoms with Crippen LogP contribution in [0.15, 0.2) is 48.3 Å². The summed E-state index contributed by atoms with van der Waals surface area (Å²) in [6.07, 6.45) is 16.2. The van der Waals surface area contributed by atoms with Crippen LogP contribution in [0.2, 0.25) is 0 Å². The fourth-order valence-corrected chi connectivity index (χ4v) is 3.56. The van der Waals surface area contributed by atoms with Crippen molar-refractivity contribution in [1.29, 1.82) is 0 Å². The van der Waals surface area contributed by atoms with E-state index in [4.69, 9.17) is 14.2 Å². The van der Waals surface area contributed by atoms with E-state index in [0.717, 1.165) is 44.4 Å². The standard InChI is InChI=1S/C19H25NO4/c1-22-19(21)16-8-5-9-20(13-16)17(18-14-23-10-11-24-18)12-15-6-3-2-4-7-15/h2-3,6,10-11,14,16-17H,4-5,7-9,12-13H2,1H3. The van der Waals surface area contributed by atoms with E-state index in [1.54, 1.807) is 12.5 Å². The summed E-state index contributed by atoms with van der Waals surface area (Å²) < 4.78 is 16.0. The first-order valence-electron chi connectivity index (χ1n) is 8.61. The van der Waals surface area contributed by atoms with Crippen LogP contribution in [0.3, 0.4) is 0 Å². The molecule has 0 saturated carbocycles. The van der Waals surface area contributed by atoms with Crippen molar-refractivity contribution in [2.45, 2.75) is 38.1 Å². The Labute approximate surface area is 143 Å². The number of nitrogens with zero attached hydrogens (tertiary/aromatic N) is 1. The first-order valence-corrected chi connectivity index (χ1v) is 8.61. The minimum absolute atomic E-state index is 0.0628. The first-order chi connectivity index (χ1) is 11.8. The molecule has 0 bridgehead atoms. The number of carbonyl (C=O) groups is 1. The molecule has 24 heavy (non-hydrogen) atoms. The number of esters is 1. The van der Waals surface area contributed by atoms with Crippen LogP contribution in [-0.2, 0) is 19.0 Å². The molecule has 2 atom stereocenters. The van der Waals surface area contributed by atoms with Gasteiger partial charge in [0.2, 0.25) is 0 Å². The van der Waals surface area contributed by atoms with Gasteiger partial charge in [-0.25, -0.2) is 0 Å². The summed E-state index contributed by atoms with van der Waals surface area (Å²) in [4.78, 5) is 14.3. The van der Waals surface area contributed by atoms with E-state index in [1.165, 1.54) is 18.9 Å². The number of piperidine rings is 1. The molecule has 2 unspecified atom stereocenters. The number of carbonyl (C=O) groups excluding carboxylic acids is 1. The molecule has 1 fully saturated rings. The van der Waals surface area contributed by atoms with E-state index < -0.39 is 0 Å². The van der Waals surface area contributed by atoms with E-state index in [0.29, 0.717) is 6.54 Å². The number of rotatable bonds is 5. The Hall–Kier alpha value is -2.01. The van der Waals surface area contributed by atoms with Crippen LogP contribution in [0, 0.1) is 5.92 Å². The lowest BCUT2D eigenvalue weighted by Crippen LogP contribution is -2.46. The van der Waals surface area contributed by atoms with Gasteiger partial charge in [-0.2, -0.15) is 0 Å². The molecule has 0 aromatic heterocycles. The van der Waals surface area contributed by atoms with E-state index in [9.17, 15) is 4.79 Å². The van der Waals surface area contributed by atoms with Gasteiger partial charge in [0.05, 0.1) is 19.1 Å². The van der Waals surface area contributed by atoms with Crippen LogP contribution in [0.1, 0.15) is 32.1 Å². The third-order valence-corrected chi connectivity index (χ3v) is 4.83. The monoisotopic (exact) mass is 331 g/mol. The van der Waals surface area contributed by atoms with Crippen molar-refractivity contribution in [3.63, 3.8) is 0 Å². The fourth-order valence-electron chi connectivity index (χ4n) is 3.56. The lowest BCUT2D eigenvalue weighted by molar-refractivity contribution is -0.147. The highest BCUT2D eigenvalue weighted by molar-refractivity contribution is 5.72. The lowest BCUT2D eigenvalue weighted by atomic mass is 9.92. The molecule has 5 heteroatoms. The molecule has 3 aliphatic rings. The van der Waals surface area contributed by atoms with E-state index in [2.05, 4.69) is 23.1 Å². The summed E-state index contributed by atoms with van der Waals surface area (Å²) in [6.45, 7) is 1.65. The third-order valence-electron chi connectivity index (χ3n) is 4.83. The molecule has 2 heterocycles. The summed E-state index contributed by atoms with van der Waals surface area (Å²) in [5.74, 6) is 0.624. The predicted molar refractivity (Wildman–Crippen MR) is 90.6 cm³/mol. The molecule has 0 amide bonds. The first kappa shape index (κ1) is 16.8. The van der Waals surface area contributed by atoms with E-state index >= 15 is 0 Å². The van der Waals surface area contributed by atoms with Gasteiger partial charge >= 0.3 is 5.97 Å². The van der Waals surface area contributed by atoms with Crippen molar-refractivity contribution in [3.8, 4) is 0 Å². The Morgan fingerprint density at radius 1 is 1.46 bits per heavy atom. The van der Waals surface area contributed by atoms with Crippen LogP contribution >= 0.6 is 0 Å². The third kappa shape index (κ3) is 4.09. The SMILES string of the molecule is COC(=O)C1CCCN(C(CC2=CC=CCC2)C2=COC=CO2)C1. The molecule has 1 aliphatic carbocycles. The van der Waals surface area contributed by atoms with Gasteiger partial charge in [0, 0.05) is 6.54 Å². The van der Waals surface area contributed by atoms with Crippen LogP contribution < -0.4 is 0 Å². The minimum Gasteiger partial charge on any atom is -0.469 e. The Bertz CT molecular complexity index is 576. The summed E-state index contributed by atoms with van der Waals surface area (Å²) in [5.41, 5.74) is 1.40. The second-order valence-corrected chi connectivity index (χ2v) is 6.42. The van der Waals surface area contributed by atoms with Crippen LogP contribution in [0.4, 0.5) is 0 Å². The molecule has 130 valence electrons. The topological polar surface area (TPSA) is 48.0 Å². The maximum absolute atomic E-state index is 12.0. The highest BCUT2D eigenvalue weighted by Crippen LogP contribution is 2.29. The van der Waals surface area contributed by atoms with Gasteiger partial charge < -0.3 is 14.2 Å². The highest BCUT2D eigenvalue weighted by atomic mass is 16.5. The summed E-state index contributed by atoms with van der Waals surface area (Å²) in [7, 11) is 1.46. The molecule has 0 radical (unpaired) electrons. The average Bonchev–Trinajstić information content (AvgIpc) is 2.67. The molecular formula is C19H25NO4. The van der Waals surface area contributed by atoms with Gasteiger partial charge in [-0.3, -0.25) is 9.69 Å². The summed E-state index contributed by atoms with van der Waals surface area (Å²) in [5, 5.41) is 0. The van der Waals surface area contributed by atoms with Gasteiger partial charge in [-0.15, -0.1) is 0 Å². The zero-order chi connectivity index (χ0) is 16.8. The Morgan fingerprint density at radius 3 is 3.08 bits per heavy atom. The fraction of sp³-hybridized carbons (Fsp3) is 0.526. The number of likely N-dealkylation sites (tertiary alicyclic amines) is 1. The quantitative estimate of drug-likeness (QED) is 0.724. The Kier molecular flexibility index (Phi) is 5.75. The van der Waals surface area contributed by atoms with Crippen LogP contribution in [0.25, 0.3) is 0 Å². The van der Waals surface area contributed by atoms with E-state index in [1.807, 2.05) is 0 Å². The van der Waals surface area contributed by atoms with Gasteiger partial charge in [0.25, 0.3) is 0 Å². The van der Waals surface area contributed by atoms with Gasteiger partial charge in [-0.05, 0) is 38.6 Å².